The van der Waals surface area contributed by atoms with Crippen molar-refractivity contribution in [3.63, 3.8) is 0 Å². The highest BCUT2D eigenvalue weighted by Gasteiger charge is 2.16. The van der Waals surface area contributed by atoms with Crippen LogP contribution in [-0.4, -0.2) is 27.3 Å². The standard InChI is InChI=1S/C16H10Cl2F2N4O2/c17-10-4-3-9(8-11(10)18)24-7-5-12(23-24)15(25)22-14-13(26-16(19)20)2-1-6-21-14/h1-8,16H,(H,21,22,25). The van der Waals surface area contributed by atoms with Gasteiger partial charge in [0.05, 0.1) is 15.7 Å². The molecule has 0 aliphatic rings. The molecule has 0 atom stereocenters. The molecule has 1 amide bonds. The molecule has 0 bridgehead atoms. The normalized spacial score (nSPS) is 10.8. The summed E-state index contributed by atoms with van der Waals surface area (Å²) in [5.74, 6) is -1.02. The zero-order chi connectivity index (χ0) is 18.7. The smallest absolute Gasteiger partial charge is 0.387 e. The molecule has 1 aromatic carbocycles. The van der Waals surface area contributed by atoms with Crippen LogP contribution in [0.4, 0.5) is 14.6 Å². The van der Waals surface area contributed by atoms with Crippen molar-refractivity contribution in [1.29, 1.82) is 0 Å². The van der Waals surface area contributed by atoms with Crippen molar-refractivity contribution < 1.29 is 18.3 Å². The predicted molar refractivity (Wildman–Crippen MR) is 92.4 cm³/mol. The van der Waals surface area contributed by atoms with Crippen molar-refractivity contribution in [2.45, 2.75) is 6.61 Å². The van der Waals surface area contributed by atoms with E-state index in [2.05, 4.69) is 20.1 Å². The maximum atomic E-state index is 12.4. The molecule has 0 unspecified atom stereocenters. The zero-order valence-electron chi connectivity index (χ0n) is 12.9. The number of anilines is 1. The first-order valence-corrected chi connectivity index (χ1v) is 7.92. The summed E-state index contributed by atoms with van der Waals surface area (Å²) in [5.41, 5.74) is 0.641. The second-order valence-corrected chi connectivity index (χ2v) is 5.74. The van der Waals surface area contributed by atoms with Gasteiger partial charge in [-0.1, -0.05) is 23.2 Å². The van der Waals surface area contributed by atoms with E-state index in [1.807, 2.05) is 0 Å². The number of hydrogen-bond acceptors (Lipinski definition) is 4. The van der Waals surface area contributed by atoms with Gasteiger partial charge in [-0.05, 0) is 36.4 Å². The van der Waals surface area contributed by atoms with Crippen molar-refractivity contribution in [3.05, 3.63) is 64.5 Å². The fourth-order valence-electron chi connectivity index (χ4n) is 2.06. The molecule has 3 aromatic rings. The first-order valence-electron chi connectivity index (χ1n) is 7.16. The highest BCUT2D eigenvalue weighted by Crippen LogP contribution is 2.25. The molecule has 1 N–H and O–H groups in total. The lowest BCUT2D eigenvalue weighted by Crippen LogP contribution is -2.16. The molecule has 0 aliphatic carbocycles. The van der Waals surface area contributed by atoms with Gasteiger partial charge in [0.2, 0.25) is 0 Å². The van der Waals surface area contributed by atoms with Crippen molar-refractivity contribution >= 4 is 34.9 Å². The lowest BCUT2D eigenvalue weighted by molar-refractivity contribution is -0.0495. The summed E-state index contributed by atoms with van der Waals surface area (Å²) in [7, 11) is 0. The number of benzene rings is 1. The SMILES string of the molecule is O=C(Nc1ncccc1OC(F)F)c1ccn(-c2ccc(Cl)c(Cl)c2)n1. The maximum Gasteiger partial charge on any atom is 0.387 e. The summed E-state index contributed by atoms with van der Waals surface area (Å²) in [4.78, 5) is 16.1. The van der Waals surface area contributed by atoms with Crippen LogP contribution in [0.25, 0.3) is 5.69 Å². The Bertz CT molecular complexity index is 950. The zero-order valence-corrected chi connectivity index (χ0v) is 14.4. The Morgan fingerprint density at radius 1 is 1.19 bits per heavy atom. The molecule has 2 heterocycles. The van der Waals surface area contributed by atoms with Crippen LogP contribution in [0.15, 0.2) is 48.8 Å². The summed E-state index contributed by atoms with van der Waals surface area (Å²) < 4.78 is 30.6. The van der Waals surface area contributed by atoms with Gasteiger partial charge in [-0.3, -0.25) is 4.79 Å². The molecule has 0 fully saturated rings. The average molecular weight is 399 g/mol. The van der Waals surface area contributed by atoms with Crippen LogP contribution in [0.1, 0.15) is 10.5 Å². The molecule has 26 heavy (non-hydrogen) atoms. The van der Waals surface area contributed by atoms with Crippen LogP contribution in [0.3, 0.4) is 0 Å². The molecule has 0 radical (unpaired) electrons. The predicted octanol–water partition coefficient (Wildman–Crippen LogP) is 4.43. The Kier molecular flexibility index (Phi) is 5.34. The summed E-state index contributed by atoms with van der Waals surface area (Å²) in [6.07, 6.45) is 2.88. The van der Waals surface area contributed by atoms with Gasteiger partial charge >= 0.3 is 6.61 Å². The van der Waals surface area contributed by atoms with Gasteiger partial charge in [-0.25, -0.2) is 9.67 Å². The minimum atomic E-state index is -3.04. The van der Waals surface area contributed by atoms with Gasteiger partial charge < -0.3 is 10.1 Å². The van der Waals surface area contributed by atoms with E-state index in [9.17, 15) is 13.6 Å². The minimum Gasteiger partial charge on any atom is -0.431 e. The first-order chi connectivity index (χ1) is 12.4. The van der Waals surface area contributed by atoms with Crippen molar-refractivity contribution in [3.8, 4) is 11.4 Å². The Labute approximate surface area is 156 Å². The average Bonchev–Trinajstić information content (AvgIpc) is 3.09. The fraction of sp³-hybridized carbons (Fsp3) is 0.0625. The summed E-state index contributed by atoms with van der Waals surface area (Å²) >= 11 is 11.8. The molecule has 3 rings (SSSR count). The molecule has 134 valence electrons. The number of ether oxygens (including phenoxy) is 1. The maximum absolute atomic E-state index is 12.4. The van der Waals surface area contributed by atoms with Crippen molar-refractivity contribution in [2.75, 3.05) is 5.32 Å². The number of halogens is 4. The van der Waals surface area contributed by atoms with Gasteiger partial charge in [0.1, 0.15) is 0 Å². The number of alkyl halides is 2. The van der Waals surface area contributed by atoms with Crippen molar-refractivity contribution in [1.82, 2.24) is 14.8 Å². The second kappa shape index (κ2) is 7.67. The number of nitrogens with one attached hydrogen (secondary N) is 1. The number of pyridine rings is 1. The number of hydrogen-bond donors (Lipinski definition) is 1. The van der Waals surface area contributed by atoms with Crippen LogP contribution in [-0.2, 0) is 0 Å². The molecule has 0 saturated carbocycles. The van der Waals surface area contributed by atoms with Crippen LogP contribution in [0, 0.1) is 0 Å². The number of carbonyl (C=O) groups excluding carboxylic acids is 1. The Morgan fingerprint density at radius 3 is 2.73 bits per heavy atom. The summed E-state index contributed by atoms with van der Waals surface area (Å²) in [6, 6.07) is 8.99. The van der Waals surface area contributed by atoms with Gasteiger partial charge in [-0.2, -0.15) is 13.9 Å². The van der Waals surface area contributed by atoms with Crippen molar-refractivity contribution in [2.24, 2.45) is 0 Å². The van der Waals surface area contributed by atoms with Gasteiger partial charge in [0.15, 0.2) is 17.3 Å². The van der Waals surface area contributed by atoms with Crippen LogP contribution < -0.4 is 10.1 Å². The third-order valence-electron chi connectivity index (χ3n) is 3.21. The van der Waals surface area contributed by atoms with Gasteiger partial charge in [0, 0.05) is 12.4 Å². The number of nitrogens with zero attached hydrogens (tertiary/aromatic N) is 3. The molecule has 10 heteroatoms. The van der Waals surface area contributed by atoms with E-state index >= 15 is 0 Å². The second-order valence-electron chi connectivity index (χ2n) is 4.93. The number of rotatable bonds is 5. The molecule has 0 aliphatic heterocycles. The van der Waals surface area contributed by atoms with Gasteiger partial charge in [0.25, 0.3) is 5.91 Å². The number of carbonyl (C=O) groups is 1. The highest BCUT2D eigenvalue weighted by atomic mass is 35.5. The van der Waals surface area contributed by atoms with E-state index in [1.54, 1.807) is 24.4 Å². The number of aromatic nitrogens is 3. The van der Waals surface area contributed by atoms with Crippen LogP contribution in [0.2, 0.25) is 10.0 Å². The lowest BCUT2D eigenvalue weighted by Gasteiger charge is -2.09. The van der Waals surface area contributed by atoms with Gasteiger partial charge in [-0.15, -0.1) is 0 Å². The minimum absolute atomic E-state index is 0.0460. The van der Waals surface area contributed by atoms with E-state index in [0.29, 0.717) is 15.7 Å². The molecule has 0 spiro atoms. The molecular weight excluding hydrogens is 389 g/mol. The van der Waals surface area contributed by atoms with E-state index in [1.165, 1.54) is 29.1 Å². The topological polar surface area (TPSA) is 69.0 Å². The molecule has 0 saturated heterocycles. The molecule has 6 nitrogen and oxygen atoms in total. The Hall–Kier alpha value is -2.71. The highest BCUT2D eigenvalue weighted by molar-refractivity contribution is 6.42. The van der Waals surface area contributed by atoms with E-state index in [4.69, 9.17) is 23.2 Å². The largest absolute Gasteiger partial charge is 0.431 e. The third-order valence-corrected chi connectivity index (χ3v) is 3.95. The van der Waals surface area contributed by atoms with E-state index in [0.717, 1.165) is 0 Å². The third kappa shape index (κ3) is 4.09. The monoisotopic (exact) mass is 398 g/mol. The van der Waals surface area contributed by atoms with Crippen LogP contribution >= 0.6 is 23.2 Å². The van der Waals surface area contributed by atoms with E-state index < -0.39 is 12.5 Å². The Morgan fingerprint density at radius 2 is 2.00 bits per heavy atom. The van der Waals surface area contributed by atoms with Crippen LogP contribution in [0.5, 0.6) is 5.75 Å². The quantitative estimate of drug-likeness (QED) is 0.690. The number of amides is 1. The fourth-order valence-corrected chi connectivity index (χ4v) is 2.36. The molecule has 2 aromatic heterocycles. The summed E-state index contributed by atoms with van der Waals surface area (Å²) in [5, 5.41) is 7.24. The van der Waals surface area contributed by atoms with E-state index in [-0.39, 0.29) is 17.3 Å². The first kappa shape index (κ1) is 18.1. The molecular formula is C16H10Cl2F2N4O2. The Balaban J connectivity index is 1.80. The summed E-state index contributed by atoms with van der Waals surface area (Å²) in [6.45, 7) is -3.04. The lowest BCUT2D eigenvalue weighted by atomic mass is 10.3.